The van der Waals surface area contributed by atoms with Gasteiger partial charge in [-0.15, -0.1) is 0 Å². The molecule has 0 spiro atoms. The Labute approximate surface area is 109 Å². The number of hydrogen-bond acceptors (Lipinski definition) is 3. The Kier molecular flexibility index (Phi) is 4.09. The van der Waals surface area contributed by atoms with Crippen molar-refractivity contribution >= 4 is 11.4 Å². The molecule has 0 bridgehead atoms. The van der Waals surface area contributed by atoms with Crippen LogP contribution in [0.3, 0.4) is 0 Å². The van der Waals surface area contributed by atoms with Crippen molar-refractivity contribution in [2.45, 2.75) is 45.1 Å². The van der Waals surface area contributed by atoms with Gasteiger partial charge in [-0.1, -0.05) is 19.3 Å². The van der Waals surface area contributed by atoms with E-state index in [1.807, 2.05) is 12.1 Å². The van der Waals surface area contributed by atoms with E-state index in [0.717, 1.165) is 12.2 Å². The van der Waals surface area contributed by atoms with E-state index in [1.54, 1.807) is 6.07 Å². The van der Waals surface area contributed by atoms with Crippen LogP contribution < -0.4 is 10.6 Å². The summed E-state index contributed by atoms with van der Waals surface area (Å²) in [6, 6.07) is 8.51. The fourth-order valence-electron chi connectivity index (χ4n) is 2.91. The first-order valence-electron chi connectivity index (χ1n) is 6.82. The Bertz CT molecular complexity index is 442. The van der Waals surface area contributed by atoms with E-state index in [9.17, 15) is 5.26 Å². The highest BCUT2D eigenvalue weighted by Gasteiger charge is 2.22. The molecule has 0 unspecified atom stereocenters. The van der Waals surface area contributed by atoms with Gasteiger partial charge in [-0.2, -0.15) is 5.26 Å². The van der Waals surface area contributed by atoms with Gasteiger partial charge in [0, 0.05) is 18.3 Å². The second-order valence-corrected chi connectivity index (χ2v) is 4.97. The van der Waals surface area contributed by atoms with Crippen LogP contribution in [0.25, 0.3) is 0 Å². The summed E-state index contributed by atoms with van der Waals surface area (Å²) in [5.74, 6) is 0. The van der Waals surface area contributed by atoms with Crippen molar-refractivity contribution in [3.05, 3.63) is 23.8 Å². The van der Waals surface area contributed by atoms with E-state index >= 15 is 0 Å². The lowest BCUT2D eigenvalue weighted by Crippen LogP contribution is -2.37. The number of nitrogens with zero attached hydrogens (tertiary/aromatic N) is 2. The molecule has 1 aliphatic carbocycles. The first-order chi connectivity index (χ1) is 8.76. The molecule has 3 heteroatoms. The van der Waals surface area contributed by atoms with E-state index in [4.69, 9.17) is 5.73 Å². The molecule has 2 rings (SSSR count). The molecule has 0 atom stereocenters. The summed E-state index contributed by atoms with van der Waals surface area (Å²) < 4.78 is 0. The minimum atomic E-state index is 0.583. The smallest absolute Gasteiger partial charge is 0.101 e. The number of anilines is 2. The zero-order valence-corrected chi connectivity index (χ0v) is 11.0. The van der Waals surface area contributed by atoms with Crippen molar-refractivity contribution in [2.75, 3.05) is 17.2 Å². The molecule has 1 aromatic rings. The van der Waals surface area contributed by atoms with Crippen LogP contribution in [0.1, 0.15) is 44.6 Å². The molecule has 3 nitrogen and oxygen atoms in total. The van der Waals surface area contributed by atoms with Crippen LogP contribution >= 0.6 is 0 Å². The molecule has 0 saturated heterocycles. The summed E-state index contributed by atoms with van der Waals surface area (Å²) in [4.78, 5) is 2.37. The number of nitrogen functional groups attached to an aromatic ring is 1. The van der Waals surface area contributed by atoms with Crippen LogP contribution in [-0.2, 0) is 0 Å². The standard InChI is InChI=1S/C15H21N3/c1-2-18(14-6-4-3-5-7-14)15-9-8-13(17)10-12(15)11-16/h8-10,14H,2-7,17H2,1H3. The topological polar surface area (TPSA) is 53.0 Å². The second-order valence-electron chi connectivity index (χ2n) is 4.97. The third kappa shape index (κ3) is 2.59. The van der Waals surface area contributed by atoms with Gasteiger partial charge < -0.3 is 10.6 Å². The molecule has 0 aromatic heterocycles. The van der Waals surface area contributed by atoms with E-state index in [2.05, 4.69) is 17.9 Å². The van der Waals surface area contributed by atoms with Gasteiger partial charge in [-0.3, -0.25) is 0 Å². The predicted octanol–water partition coefficient (Wildman–Crippen LogP) is 3.30. The Morgan fingerprint density at radius 3 is 2.67 bits per heavy atom. The summed E-state index contributed by atoms with van der Waals surface area (Å²) >= 11 is 0. The average molecular weight is 243 g/mol. The molecule has 0 heterocycles. The second kappa shape index (κ2) is 5.77. The molecule has 0 aliphatic heterocycles. The Morgan fingerprint density at radius 1 is 1.33 bits per heavy atom. The quantitative estimate of drug-likeness (QED) is 0.829. The number of nitriles is 1. The number of nitrogens with two attached hydrogens (primary N) is 1. The van der Waals surface area contributed by atoms with Crippen LogP contribution in [-0.4, -0.2) is 12.6 Å². The normalized spacial score (nSPS) is 16.2. The molecule has 1 aromatic carbocycles. The predicted molar refractivity (Wildman–Crippen MR) is 75.5 cm³/mol. The summed E-state index contributed by atoms with van der Waals surface area (Å²) in [5, 5.41) is 9.25. The van der Waals surface area contributed by atoms with Gasteiger partial charge in [0.05, 0.1) is 11.3 Å². The fourth-order valence-corrected chi connectivity index (χ4v) is 2.91. The van der Waals surface area contributed by atoms with Crippen molar-refractivity contribution in [1.82, 2.24) is 0 Å². The van der Waals surface area contributed by atoms with Crippen LogP contribution in [0.4, 0.5) is 11.4 Å². The van der Waals surface area contributed by atoms with Crippen molar-refractivity contribution in [2.24, 2.45) is 0 Å². The molecule has 18 heavy (non-hydrogen) atoms. The minimum Gasteiger partial charge on any atom is -0.399 e. The molecule has 96 valence electrons. The zero-order chi connectivity index (χ0) is 13.0. The Balaban J connectivity index is 2.29. The number of rotatable bonds is 3. The van der Waals surface area contributed by atoms with Crippen molar-refractivity contribution < 1.29 is 0 Å². The maximum Gasteiger partial charge on any atom is 0.101 e. The molecule has 0 amide bonds. The van der Waals surface area contributed by atoms with E-state index < -0.39 is 0 Å². The lowest BCUT2D eigenvalue weighted by atomic mass is 9.93. The largest absolute Gasteiger partial charge is 0.399 e. The van der Waals surface area contributed by atoms with Gasteiger partial charge in [0.2, 0.25) is 0 Å². The summed E-state index contributed by atoms with van der Waals surface area (Å²) in [6.45, 7) is 3.11. The third-order valence-corrected chi connectivity index (χ3v) is 3.81. The molecular formula is C15H21N3. The first kappa shape index (κ1) is 12.8. The van der Waals surface area contributed by atoms with Crippen molar-refractivity contribution in [1.29, 1.82) is 5.26 Å². The average Bonchev–Trinajstić information content (AvgIpc) is 2.42. The van der Waals surface area contributed by atoms with E-state index in [-0.39, 0.29) is 0 Å². The summed E-state index contributed by atoms with van der Waals surface area (Å²) in [7, 11) is 0. The summed E-state index contributed by atoms with van der Waals surface area (Å²) in [6.07, 6.45) is 6.43. The SMILES string of the molecule is CCN(c1ccc(N)cc1C#N)C1CCCCC1. The molecule has 1 saturated carbocycles. The lowest BCUT2D eigenvalue weighted by molar-refractivity contribution is 0.418. The van der Waals surface area contributed by atoms with Gasteiger partial charge >= 0.3 is 0 Å². The highest BCUT2D eigenvalue weighted by Crippen LogP contribution is 2.30. The molecule has 1 fully saturated rings. The maximum absolute atomic E-state index is 9.25. The Hall–Kier alpha value is -1.69. The van der Waals surface area contributed by atoms with E-state index in [0.29, 0.717) is 17.3 Å². The maximum atomic E-state index is 9.25. The van der Waals surface area contributed by atoms with Crippen molar-refractivity contribution in [3.63, 3.8) is 0 Å². The fraction of sp³-hybridized carbons (Fsp3) is 0.533. The highest BCUT2D eigenvalue weighted by atomic mass is 15.2. The third-order valence-electron chi connectivity index (χ3n) is 3.81. The molecule has 0 radical (unpaired) electrons. The van der Waals surface area contributed by atoms with Gasteiger partial charge in [0.15, 0.2) is 0 Å². The van der Waals surface area contributed by atoms with Crippen LogP contribution in [0.2, 0.25) is 0 Å². The van der Waals surface area contributed by atoms with Crippen LogP contribution in [0.5, 0.6) is 0 Å². The van der Waals surface area contributed by atoms with Gasteiger partial charge in [-0.05, 0) is 38.0 Å². The van der Waals surface area contributed by atoms with Crippen LogP contribution in [0, 0.1) is 11.3 Å². The van der Waals surface area contributed by atoms with Crippen LogP contribution in [0.15, 0.2) is 18.2 Å². The first-order valence-corrected chi connectivity index (χ1v) is 6.82. The lowest BCUT2D eigenvalue weighted by Gasteiger charge is -2.36. The summed E-state index contributed by atoms with van der Waals surface area (Å²) in [5.41, 5.74) is 8.15. The Morgan fingerprint density at radius 2 is 2.06 bits per heavy atom. The van der Waals surface area contributed by atoms with E-state index in [1.165, 1.54) is 32.1 Å². The van der Waals surface area contributed by atoms with Gasteiger partial charge in [0.1, 0.15) is 6.07 Å². The molecule has 2 N–H and O–H groups in total. The molecule has 1 aliphatic rings. The number of benzene rings is 1. The highest BCUT2D eigenvalue weighted by molar-refractivity contribution is 5.64. The monoisotopic (exact) mass is 243 g/mol. The van der Waals surface area contributed by atoms with Gasteiger partial charge in [0.25, 0.3) is 0 Å². The molecular weight excluding hydrogens is 222 g/mol. The van der Waals surface area contributed by atoms with Gasteiger partial charge in [-0.25, -0.2) is 0 Å². The number of hydrogen-bond donors (Lipinski definition) is 1. The van der Waals surface area contributed by atoms with Crippen molar-refractivity contribution in [3.8, 4) is 6.07 Å². The minimum absolute atomic E-state index is 0.583. The zero-order valence-electron chi connectivity index (χ0n) is 11.0.